The first-order chi connectivity index (χ1) is 44.0. The van der Waals surface area contributed by atoms with Crippen molar-refractivity contribution in [3.63, 3.8) is 0 Å². The van der Waals surface area contributed by atoms with E-state index in [2.05, 4.69) is 64.3 Å². The van der Waals surface area contributed by atoms with Crippen LogP contribution in [0, 0.1) is 17.8 Å². The van der Waals surface area contributed by atoms with Crippen molar-refractivity contribution >= 4 is 81.9 Å². The Labute approximate surface area is 541 Å². The number of hydrogen-bond donors (Lipinski definition) is 16. The number of rotatable bonds is 39. The van der Waals surface area contributed by atoms with Crippen LogP contribution in [0.5, 0.6) is 0 Å². The third kappa shape index (κ3) is 24.5. The van der Waals surface area contributed by atoms with Gasteiger partial charge in [-0.05, 0) is 93.2 Å². The Morgan fingerprint density at radius 3 is 1.59 bits per heavy atom. The van der Waals surface area contributed by atoms with Crippen LogP contribution in [0.1, 0.15) is 131 Å². The van der Waals surface area contributed by atoms with Gasteiger partial charge >= 0.3 is 11.9 Å². The molecule has 0 bridgehead atoms. The molecule has 1 aromatic heterocycles. The molecule has 1 aliphatic heterocycles. The summed E-state index contributed by atoms with van der Waals surface area (Å²) in [6.07, 6.45) is 0.905. The minimum atomic E-state index is -1.96. The molecule has 20 N–H and O–H groups in total. The van der Waals surface area contributed by atoms with Gasteiger partial charge in [-0.2, -0.15) is 0 Å². The van der Waals surface area contributed by atoms with E-state index >= 15 is 0 Å². The summed E-state index contributed by atoms with van der Waals surface area (Å²) >= 11 is 0. The lowest BCUT2D eigenvalue weighted by molar-refractivity contribution is -0.404. The van der Waals surface area contributed by atoms with Gasteiger partial charge in [-0.15, -0.1) is 0 Å². The number of aliphatic hydroxyl groups excluding tert-OH is 2. The number of aromatic nitrogens is 1. The van der Waals surface area contributed by atoms with Gasteiger partial charge in [0.15, 0.2) is 6.04 Å². The van der Waals surface area contributed by atoms with Gasteiger partial charge in [-0.1, -0.05) is 97.0 Å². The van der Waals surface area contributed by atoms with Crippen LogP contribution in [0.4, 0.5) is 0 Å². The third-order valence-corrected chi connectivity index (χ3v) is 15.8. The molecule has 0 unspecified atom stereocenters. The van der Waals surface area contributed by atoms with Gasteiger partial charge in [0.25, 0.3) is 5.91 Å². The summed E-state index contributed by atoms with van der Waals surface area (Å²) in [6.45, 7) is 13.3. The fourth-order valence-corrected chi connectivity index (χ4v) is 10.8. The number of benzene rings is 2. The van der Waals surface area contributed by atoms with Gasteiger partial charge in [0.2, 0.25) is 53.2 Å². The number of aromatic amines is 1. The fourth-order valence-electron chi connectivity index (χ4n) is 10.8. The zero-order valence-corrected chi connectivity index (χ0v) is 54.6. The number of carbonyl (C=O) groups is 12. The minimum Gasteiger partial charge on any atom is -0.481 e. The van der Waals surface area contributed by atoms with Crippen LogP contribution >= 0.6 is 0 Å². The Morgan fingerprint density at radius 2 is 1.04 bits per heavy atom. The Hall–Kier alpha value is -8.54. The Balaban J connectivity index is 1.63. The lowest BCUT2D eigenvalue weighted by Crippen LogP contribution is -2.69. The molecule has 2 heterocycles. The first-order valence-corrected chi connectivity index (χ1v) is 32.0. The summed E-state index contributed by atoms with van der Waals surface area (Å²) in [5.41, 5.74) is 9.41. The van der Waals surface area contributed by atoms with Gasteiger partial charge in [0.05, 0.1) is 25.7 Å². The Morgan fingerprint density at radius 1 is 0.570 bits per heavy atom. The molecule has 10 amide bonds. The average molecular weight is 1310 g/mol. The molecular formula is C64H99N13O16+2. The molecule has 1 fully saturated rings. The van der Waals surface area contributed by atoms with E-state index in [1.807, 2.05) is 27.7 Å². The van der Waals surface area contributed by atoms with E-state index in [-0.39, 0.29) is 69.2 Å². The van der Waals surface area contributed by atoms with E-state index in [1.54, 1.807) is 81.6 Å². The molecule has 29 nitrogen and oxygen atoms in total. The monoisotopic (exact) mass is 1310 g/mol. The molecule has 0 radical (unpaired) electrons. The van der Waals surface area contributed by atoms with E-state index in [1.165, 1.54) is 11.8 Å². The molecule has 29 heteroatoms. The van der Waals surface area contributed by atoms with Crippen LogP contribution in [0.3, 0.4) is 0 Å². The van der Waals surface area contributed by atoms with Gasteiger partial charge in [0.1, 0.15) is 60.4 Å². The summed E-state index contributed by atoms with van der Waals surface area (Å²) in [4.78, 5) is 170. The summed E-state index contributed by atoms with van der Waals surface area (Å²) in [7, 11) is 0. The van der Waals surface area contributed by atoms with Crippen molar-refractivity contribution in [2.24, 2.45) is 17.8 Å². The van der Waals surface area contributed by atoms with Gasteiger partial charge in [-0.3, -0.25) is 52.7 Å². The fraction of sp³-hybridized carbons (Fsp3) is 0.594. The number of carboxylic acids is 2. The number of unbranched alkanes of at least 4 members (excludes halogenated alkanes) is 1. The number of likely N-dealkylation sites (tertiary alicyclic amines) is 1. The summed E-state index contributed by atoms with van der Waals surface area (Å²) in [5, 5.41) is 64.7. The Bertz CT molecular complexity index is 3030. The predicted molar refractivity (Wildman–Crippen MR) is 340 cm³/mol. The molecule has 2 aromatic carbocycles. The number of quaternary nitrogens is 2. The lowest BCUT2D eigenvalue weighted by Gasteiger charge is -2.30. The first kappa shape index (κ1) is 76.9. The van der Waals surface area contributed by atoms with Crippen LogP contribution in [-0.2, 0) is 70.4 Å². The average Bonchev–Trinajstić information content (AvgIpc) is 1.86. The molecule has 1 saturated heterocycles. The zero-order chi connectivity index (χ0) is 69.2. The highest BCUT2D eigenvalue weighted by atomic mass is 16.4. The van der Waals surface area contributed by atoms with Gasteiger partial charge < -0.3 is 89.6 Å². The van der Waals surface area contributed by atoms with Crippen molar-refractivity contribution in [3.05, 3.63) is 71.9 Å². The quantitative estimate of drug-likeness (QED) is 0.0270. The topological polar surface area (TPSA) is 468 Å². The molecule has 12 atom stereocenters. The van der Waals surface area contributed by atoms with Gasteiger partial charge in [0, 0.05) is 42.9 Å². The SMILES string of the molecule is CC[C@H]([NH3+])C(=O)N[C@H](C(=O)N[C@@H](Cc1ccccc1)C(=O)N[C@@H](CO)C(=O)N[C@@H](CC(=O)O)C(=O)N[C@@H](CC(C)C)C(=O)N[C@@H](Cc1c[nH]c2ccccc12)C(=O)N[C@@H](CCCC[NH3+])C(=O)N[C@@H](CC(C)C)C(=O)N[C@@H](CC(C)C)C(=O)N1CCC[C@H]1C(=O)O)[C@@H](C)O. The van der Waals surface area contributed by atoms with Crippen molar-refractivity contribution in [2.75, 3.05) is 19.7 Å². The highest BCUT2D eigenvalue weighted by Crippen LogP contribution is 2.23. The summed E-state index contributed by atoms with van der Waals surface area (Å²) in [6, 6.07) is 0.0585. The van der Waals surface area contributed by atoms with Crippen molar-refractivity contribution in [2.45, 2.75) is 205 Å². The third-order valence-electron chi connectivity index (χ3n) is 15.8. The van der Waals surface area contributed by atoms with E-state index in [0.717, 1.165) is 0 Å². The molecule has 1 aliphatic rings. The second-order valence-electron chi connectivity index (χ2n) is 25.1. The largest absolute Gasteiger partial charge is 0.481 e. The van der Waals surface area contributed by atoms with E-state index in [4.69, 9.17) is 0 Å². The number of aliphatic hydroxyl groups is 2. The number of para-hydroxylation sites is 1. The summed E-state index contributed by atoms with van der Waals surface area (Å²) < 4.78 is 0. The number of amides is 10. The van der Waals surface area contributed by atoms with E-state index < -0.39 is 157 Å². The second-order valence-corrected chi connectivity index (χ2v) is 25.1. The number of fused-ring (bicyclic) bond motifs is 1. The number of nitrogens with zero attached hydrogens (tertiary/aromatic N) is 1. The molecule has 514 valence electrons. The normalized spacial score (nSPS) is 16.6. The number of H-pyrrole nitrogens is 1. The maximum atomic E-state index is 14.9. The van der Waals surface area contributed by atoms with E-state index in [0.29, 0.717) is 54.3 Å². The molecule has 0 saturated carbocycles. The van der Waals surface area contributed by atoms with Crippen LogP contribution in [0.25, 0.3) is 10.9 Å². The first-order valence-electron chi connectivity index (χ1n) is 32.0. The standard InChI is InChI=1S/C64H97N13O16/c1-9-41(66)54(82)76-53(37(8)79)62(90)73-46(29-38-18-11-10-12-19-38)58(86)75-50(33-78)61(89)72-48(31-52(80)81)60(88)70-44(26-34(2)3)56(84)71-47(30-39-32-67-42-21-14-13-20-40(39)42)59(87)68-43(22-15-16-24-65)55(83)69-45(27-35(4)5)57(85)74-49(28-36(6)7)63(91)77-25-17-23-51(77)64(92)93/h10-14,18-21,32,34-37,41,43-51,53,67,78-79H,9,15-17,22-31,33,65-66H2,1-8H3,(H,68,87)(H,69,83)(H,70,88)(H,71,84)(H,72,89)(H,73,90)(H,74,85)(H,75,86)(H,76,82)(H,80,81)(H,92,93)/p+2/t37-,41+,43+,44+,45+,46+,47+,48+,49+,50+,51+,53+/m1/s1. The number of carboxylic acid groups (broad SMARTS) is 2. The molecule has 3 aromatic rings. The predicted octanol–water partition coefficient (Wildman–Crippen LogP) is -2.19. The van der Waals surface area contributed by atoms with Crippen molar-refractivity contribution in [1.29, 1.82) is 0 Å². The van der Waals surface area contributed by atoms with Crippen LogP contribution in [-0.4, -0.2) is 194 Å². The van der Waals surface area contributed by atoms with Crippen molar-refractivity contribution < 1.29 is 89.4 Å². The van der Waals surface area contributed by atoms with Crippen LogP contribution < -0.4 is 59.3 Å². The highest BCUT2D eigenvalue weighted by molar-refractivity contribution is 6.00. The maximum absolute atomic E-state index is 14.9. The van der Waals surface area contributed by atoms with Crippen molar-refractivity contribution in [3.8, 4) is 0 Å². The number of nitrogens with one attached hydrogen (secondary N) is 10. The van der Waals surface area contributed by atoms with Gasteiger partial charge in [-0.25, -0.2) is 4.79 Å². The molecule has 0 aliphatic carbocycles. The molecule has 0 spiro atoms. The van der Waals surface area contributed by atoms with Crippen LogP contribution in [0.15, 0.2) is 60.8 Å². The molecule has 93 heavy (non-hydrogen) atoms. The minimum absolute atomic E-state index is 0.0490. The number of aliphatic carboxylic acids is 2. The summed E-state index contributed by atoms with van der Waals surface area (Å²) in [5.74, 6) is -12.3. The zero-order valence-electron chi connectivity index (χ0n) is 54.6. The second kappa shape index (κ2) is 37.8. The lowest BCUT2D eigenvalue weighted by atomic mass is 9.98. The molecular weight excluding hydrogens is 1210 g/mol. The van der Waals surface area contributed by atoms with Crippen LogP contribution in [0.2, 0.25) is 0 Å². The number of hydrogen-bond acceptors (Lipinski definition) is 14. The maximum Gasteiger partial charge on any atom is 0.326 e. The number of carbonyl (C=O) groups excluding carboxylic acids is 10. The molecule has 4 rings (SSSR count). The highest BCUT2D eigenvalue weighted by Gasteiger charge is 2.41. The Kier molecular flexibility index (Phi) is 31.3. The van der Waals surface area contributed by atoms with E-state index in [9.17, 15) is 78.0 Å². The smallest absolute Gasteiger partial charge is 0.326 e. The van der Waals surface area contributed by atoms with Crippen molar-refractivity contribution in [1.82, 2.24) is 57.7 Å².